The number of hydrogen-bond donors (Lipinski definition) is 0. The first-order valence-electron chi connectivity index (χ1n) is 19.6. The van der Waals surface area contributed by atoms with E-state index in [1.165, 1.54) is 0 Å². The average Bonchev–Trinajstić information content (AvgIpc) is 3.82. The van der Waals surface area contributed by atoms with E-state index in [2.05, 4.69) is 18.2 Å². The molecule has 3 aromatic heterocycles. The fourth-order valence-electron chi connectivity index (χ4n) is 6.61. The molecule has 0 amide bonds. The van der Waals surface area contributed by atoms with Crippen molar-refractivity contribution in [2.75, 3.05) is 0 Å². The van der Waals surface area contributed by atoms with E-state index in [1.54, 1.807) is 28.8 Å². The maximum Gasteiger partial charge on any atom is 0.164 e. The number of aromatic nitrogens is 4. The highest BCUT2D eigenvalue weighted by molar-refractivity contribution is 6.13. The van der Waals surface area contributed by atoms with Gasteiger partial charge in [0.05, 0.1) is 20.6 Å². The Kier molecular flexibility index (Phi) is 4.99. The smallest absolute Gasteiger partial charge is 0.164 e. The summed E-state index contributed by atoms with van der Waals surface area (Å²) in [5, 5.41) is 2.03. The van der Waals surface area contributed by atoms with Gasteiger partial charge < -0.3 is 8.98 Å². The van der Waals surface area contributed by atoms with Crippen molar-refractivity contribution in [3.05, 3.63) is 170 Å². The molecule has 0 bridgehead atoms. The van der Waals surface area contributed by atoms with E-state index in [-0.39, 0.29) is 69.2 Å². The zero-order valence-electron chi connectivity index (χ0n) is 33.3. The predicted molar refractivity (Wildman–Crippen MR) is 203 cm³/mol. The van der Waals surface area contributed by atoms with Gasteiger partial charge in [-0.15, -0.1) is 0 Å². The molecular weight excluding hydrogens is 613 g/mol. The van der Waals surface area contributed by atoms with Crippen LogP contribution in [0.4, 0.5) is 0 Å². The second-order valence-electron chi connectivity index (χ2n) is 11.9. The van der Waals surface area contributed by atoms with Crippen molar-refractivity contribution in [1.29, 1.82) is 0 Å². The maximum absolute atomic E-state index is 9.74. The molecule has 10 aromatic rings. The largest absolute Gasteiger partial charge is 0.456 e. The van der Waals surface area contributed by atoms with Gasteiger partial charge in [-0.2, -0.15) is 0 Å². The van der Waals surface area contributed by atoms with Crippen LogP contribution in [0, 0.1) is 0 Å². The Morgan fingerprint density at radius 1 is 0.480 bits per heavy atom. The zero-order valence-corrected chi connectivity index (χ0v) is 26.3. The molecule has 5 heteroatoms. The molecule has 234 valence electrons. The summed E-state index contributed by atoms with van der Waals surface area (Å²) >= 11 is 0. The number of benzene rings is 7. The SMILES string of the molecule is [2H]c1c([2H])c([2H])c2c(c1[2H])c1c([2H])c([2H])c(-c3nc(-c4ccccc4)nc(-c4ccc5c(c4)oc4cccc(-c6ccccc6)c45)n3)c([2H])c1n2-c1ccccc1. The van der Waals surface area contributed by atoms with Crippen LogP contribution in [0.2, 0.25) is 0 Å². The van der Waals surface area contributed by atoms with Crippen molar-refractivity contribution in [3.63, 3.8) is 0 Å². The first-order valence-corrected chi connectivity index (χ1v) is 16.1. The van der Waals surface area contributed by atoms with Crippen LogP contribution in [0.1, 0.15) is 9.60 Å². The van der Waals surface area contributed by atoms with Crippen LogP contribution < -0.4 is 0 Å². The molecular formula is C45H28N4O. The van der Waals surface area contributed by atoms with Crippen LogP contribution in [0.25, 0.3) is 94.7 Å². The Bertz CT molecular complexity index is 3260. The van der Waals surface area contributed by atoms with Gasteiger partial charge in [0, 0.05) is 43.9 Å². The Labute approximate surface area is 297 Å². The highest BCUT2D eigenvalue weighted by atomic mass is 16.3. The number of rotatable bonds is 5. The summed E-state index contributed by atoms with van der Waals surface area (Å²) in [5.74, 6) is 0.545. The normalized spacial score (nSPS) is 13.6. The number of nitrogens with zero attached hydrogens (tertiary/aromatic N) is 4. The van der Waals surface area contributed by atoms with Crippen molar-refractivity contribution in [2.24, 2.45) is 0 Å². The van der Waals surface area contributed by atoms with Gasteiger partial charge >= 0.3 is 0 Å². The van der Waals surface area contributed by atoms with E-state index in [9.17, 15) is 4.11 Å². The highest BCUT2D eigenvalue weighted by Crippen LogP contribution is 2.39. The molecule has 0 saturated carbocycles. The molecule has 7 aromatic carbocycles. The summed E-state index contributed by atoms with van der Waals surface area (Å²) in [6.07, 6.45) is 0. The molecule has 3 heterocycles. The summed E-state index contributed by atoms with van der Waals surface area (Å²) in [6, 6.07) is 37.6. The molecule has 0 fully saturated rings. The minimum atomic E-state index is -0.464. The number of furan rings is 1. The first-order chi connectivity index (χ1) is 27.7. The van der Waals surface area contributed by atoms with E-state index < -0.39 is 12.1 Å². The molecule has 10 rings (SSSR count). The lowest BCUT2D eigenvalue weighted by atomic mass is 9.99. The zero-order chi connectivity index (χ0) is 39.1. The van der Waals surface area contributed by atoms with Crippen LogP contribution in [0.3, 0.4) is 0 Å². The third-order valence-electron chi connectivity index (χ3n) is 8.90. The van der Waals surface area contributed by atoms with Crippen molar-refractivity contribution in [3.8, 4) is 51.0 Å². The maximum atomic E-state index is 9.74. The van der Waals surface area contributed by atoms with E-state index >= 15 is 0 Å². The molecule has 0 N–H and O–H groups in total. The summed E-state index contributed by atoms with van der Waals surface area (Å²) in [4.78, 5) is 14.6. The molecule has 0 aliphatic heterocycles. The Morgan fingerprint density at radius 2 is 1.14 bits per heavy atom. The predicted octanol–water partition coefficient (Wildman–Crippen LogP) is 11.5. The lowest BCUT2D eigenvalue weighted by Gasteiger charge is -2.10. The van der Waals surface area contributed by atoms with E-state index in [1.807, 2.05) is 84.9 Å². The summed E-state index contributed by atoms with van der Waals surface area (Å²) in [5.41, 5.74) is 5.47. The van der Waals surface area contributed by atoms with Crippen molar-refractivity contribution < 1.29 is 14.0 Å². The number of para-hydroxylation sites is 2. The summed E-state index contributed by atoms with van der Waals surface area (Å²) < 4.78 is 71.2. The van der Waals surface area contributed by atoms with Gasteiger partial charge in [-0.05, 0) is 53.5 Å². The van der Waals surface area contributed by atoms with Crippen molar-refractivity contribution in [2.45, 2.75) is 0 Å². The monoisotopic (exact) mass is 647 g/mol. The second kappa shape index (κ2) is 11.4. The number of hydrogen-bond acceptors (Lipinski definition) is 4. The van der Waals surface area contributed by atoms with E-state index in [0.717, 1.165) is 27.5 Å². The molecule has 0 radical (unpaired) electrons. The minimum absolute atomic E-state index is 0.00950. The molecule has 50 heavy (non-hydrogen) atoms. The van der Waals surface area contributed by atoms with Crippen LogP contribution in [-0.2, 0) is 0 Å². The van der Waals surface area contributed by atoms with Crippen molar-refractivity contribution >= 4 is 43.7 Å². The minimum Gasteiger partial charge on any atom is -0.456 e. The fourth-order valence-corrected chi connectivity index (χ4v) is 6.61. The first kappa shape index (κ1) is 21.9. The Balaban J connectivity index is 1.25. The Morgan fingerprint density at radius 3 is 1.92 bits per heavy atom. The molecule has 0 spiro atoms. The van der Waals surface area contributed by atoms with Gasteiger partial charge in [-0.1, -0.05) is 127 Å². The van der Waals surface area contributed by atoms with Crippen LogP contribution >= 0.6 is 0 Å². The van der Waals surface area contributed by atoms with E-state index in [0.29, 0.717) is 28.2 Å². The van der Waals surface area contributed by atoms with Gasteiger partial charge in [0.1, 0.15) is 11.2 Å². The van der Waals surface area contributed by atoms with Crippen molar-refractivity contribution in [1.82, 2.24) is 19.5 Å². The molecule has 0 atom stereocenters. The molecule has 0 aliphatic carbocycles. The van der Waals surface area contributed by atoms with Crippen LogP contribution in [-0.4, -0.2) is 19.5 Å². The highest BCUT2D eigenvalue weighted by Gasteiger charge is 2.18. The molecule has 5 nitrogen and oxygen atoms in total. The van der Waals surface area contributed by atoms with Crippen LogP contribution in [0.15, 0.2) is 174 Å². The summed E-state index contributed by atoms with van der Waals surface area (Å²) in [6.45, 7) is 0. The quantitative estimate of drug-likeness (QED) is 0.186. The van der Waals surface area contributed by atoms with Gasteiger partial charge in [-0.25, -0.2) is 15.0 Å². The number of fused-ring (bicyclic) bond motifs is 6. The second-order valence-corrected chi connectivity index (χ2v) is 11.9. The lowest BCUT2D eigenvalue weighted by molar-refractivity contribution is 0.669. The molecule has 0 aliphatic rings. The van der Waals surface area contributed by atoms with Gasteiger partial charge in [-0.3, -0.25) is 0 Å². The summed E-state index contributed by atoms with van der Waals surface area (Å²) in [7, 11) is 0. The van der Waals surface area contributed by atoms with Gasteiger partial charge in [0.2, 0.25) is 0 Å². The average molecular weight is 648 g/mol. The third-order valence-corrected chi connectivity index (χ3v) is 8.90. The fraction of sp³-hybridized carbons (Fsp3) is 0. The Hall–Kier alpha value is -6.85. The van der Waals surface area contributed by atoms with Crippen LogP contribution in [0.5, 0.6) is 0 Å². The standard InChI is InChI=1S/C45H28N4O/c1-4-13-29(14-5-1)34-20-12-22-40-42(34)37-26-24-32(28-41(37)50-40)45-47-43(30-15-6-2-7-16-30)46-44(48-45)31-23-25-36-35-19-10-11-21-38(35)49(39(36)27-31)33-17-8-3-9-18-33/h1-28H/i10D,11D,19D,21D,23D,25D,27D. The lowest BCUT2D eigenvalue weighted by Crippen LogP contribution is -2.00. The van der Waals surface area contributed by atoms with E-state index in [4.69, 9.17) is 24.9 Å². The topological polar surface area (TPSA) is 56.7 Å². The molecule has 0 saturated heterocycles. The van der Waals surface area contributed by atoms with Gasteiger partial charge in [0.15, 0.2) is 17.5 Å². The molecule has 0 unspecified atom stereocenters. The third kappa shape index (κ3) is 4.60. The van der Waals surface area contributed by atoms with Gasteiger partial charge in [0.25, 0.3) is 0 Å².